The number of rotatable bonds is 4. The molecule has 6 nitrogen and oxygen atoms in total. The molecule has 144 valence electrons. The van der Waals surface area contributed by atoms with Crippen molar-refractivity contribution in [2.24, 2.45) is 0 Å². The molecule has 0 radical (unpaired) electrons. The zero-order chi connectivity index (χ0) is 19.2. The van der Waals surface area contributed by atoms with Crippen LogP contribution in [0, 0.1) is 12.7 Å². The molecule has 1 saturated heterocycles. The zero-order valence-electron chi connectivity index (χ0n) is 14.6. The fourth-order valence-electron chi connectivity index (χ4n) is 3.44. The number of hydrogen-bond acceptors (Lipinski definition) is 6. The number of alkyl halides is 3. The highest BCUT2D eigenvalue weighted by Crippen LogP contribution is 2.36. The van der Waals surface area contributed by atoms with Crippen LogP contribution in [0.5, 0.6) is 0 Å². The van der Waals surface area contributed by atoms with Crippen LogP contribution in [0.2, 0.25) is 0 Å². The molecule has 0 aromatic carbocycles. The van der Waals surface area contributed by atoms with Crippen molar-refractivity contribution >= 4 is 11.8 Å². The van der Waals surface area contributed by atoms with Gasteiger partial charge in [0.2, 0.25) is 5.95 Å². The van der Waals surface area contributed by atoms with Crippen LogP contribution in [0.1, 0.15) is 30.7 Å². The summed E-state index contributed by atoms with van der Waals surface area (Å²) < 4.78 is 53.4. The molecule has 1 unspecified atom stereocenters. The molecule has 1 atom stereocenters. The Morgan fingerprint density at radius 1 is 1.11 bits per heavy atom. The summed E-state index contributed by atoms with van der Waals surface area (Å²) in [6, 6.07) is 0.889. The monoisotopic (exact) mass is 382 g/mol. The number of anilines is 2. The van der Waals surface area contributed by atoms with Crippen molar-refractivity contribution < 1.29 is 17.6 Å². The van der Waals surface area contributed by atoms with E-state index in [4.69, 9.17) is 0 Å². The van der Waals surface area contributed by atoms with Gasteiger partial charge in [-0.1, -0.05) is 0 Å². The second-order valence-electron chi connectivity index (χ2n) is 6.86. The fraction of sp³-hybridized carbons (Fsp3) is 0.529. The second-order valence-corrected chi connectivity index (χ2v) is 6.86. The Labute approximate surface area is 153 Å². The lowest BCUT2D eigenvalue weighted by Gasteiger charge is -2.29. The molecule has 2 aromatic rings. The average Bonchev–Trinajstić information content (AvgIpc) is 3.34. The van der Waals surface area contributed by atoms with Crippen molar-refractivity contribution in [2.75, 3.05) is 22.9 Å². The normalized spacial score (nSPS) is 20.2. The van der Waals surface area contributed by atoms with E-state index < -0.39 is 17.7 Å². The van der Waals surface area contributed by atoms with E-state index in [9.17, 15) is 17.6 Å². The average molecular weight is 382 g/mol. The SMILES string of the molecule is Cc1ncnc(N2CCC(N(c3nccc(C(F)(F)F)n3)C3CC3)C2)c1F. The molecule has 4 rings (SSSR count). The highest BCUT2D eigenvalue weighted by Gasteiger charge is 2.41. The van der Waals surface area contributed by atoms with Gasteiger partial charge in [-0.2, -0.15) is 13.2 Å². The van der Waals surface area contributed by atoms with E-state index in [0.717, 1.165) is 25.1 Å². The standard InChI is InChI=1S/C17H18F4N6/c1-10-14(18)15(24-9-23-10)26-7-5-12(8-26)27(11-2-3-11)16-22-6-4-13(25-16)17(19,20)21/h4,6,9,11-12H,2-3,5,7-8H2,1H3. The van der Waals surface area contributed by atoms with E-state index in [1.165, 1.54) is 6.33 Å². The smallest absolute Gasteiger partial charge is 0.352 e. The van der Waals surface area contributed by atoms with Crippen LogP contribution < -0.4 is 9.80 Å². The third-order valence-electron chi connectivity index (χ3n) is 4.91. The van der Waals surface area contributed by atoms with E-state index in [0.29, 0.717) is 19.5 Å². The van der Waals surface area contributed by atoms with Crippen molar-refractivity contribution in [1.29, 1.82) is 0 Å². The van der Waals surface area contributed by atoms with Gasteiger partial charge in [0.1, 0.15) is 12.0 Å². The first-order chi connectivity index (χ1) is 12.8. The summed E-state index contributed by atoms with van der Waals surface area (Å²) in [5.41, 5.74) is -0.686. The van der Waals surface area contributed by atoms with Crippen LogP contribution >= 0.6 is 0 Å². The van der Waals surface area contributed by atoms with E-state index in [1.807, 2.05) is 4.90 Å². The van der Waals surface area contributed by atoms with Gasteiger partial charge in [0.05, 0.1) is 11.7 Å². The van der Waals surface area contributed by atoms with Crippen molar-refractivity contribution in [3.63, 3.8) is 0 Å². The molecule has 10 heteroatoms. The van der Waals surface area contributed by atoms with Crippen LogP contribution in [-0.4, -0.2) is 45.1 Å². The maximum absolute atomic E-state index is 14.3. The minimum atomic E-state index is -4.52. The van der Waals surface area contributed by atoms with Gasteiger partial charge in [0.25, 0.3) is 0 Å². The Kier molecular flexibility index (Phi) is 4.35. The summed E-state index contributed by atoms with van der Waals surface area (Å²) in [6.45, 7) is 2.57. The quantitative estimate of drug-likeness (QED) is 0.758. The molecular formula is C17H18F4N6. The first-order valence-corrected chi connectivity index (χ1v) is 8.75. The van der Waals surface area contributed by atoms with Gasteiger partial charge in [-0.25, -0.2) is 24.3 Å². The van der Waals surface area contributed by atoms with Crippen LogP contribution in [0.25, 0.3) is 0 Å². The molecule has 0 spiro atoms. The molecular weight excluding hydrogens is 364 g/mol. The van der Waals surface area contributed by atoms with Crippen molar-refractivity contribution in [3.05, 3.63) is 35.8 Å². The number of halogens is 4. The largest absolute Gasteiger partial charge is 0.433 e. The molecule has 3 heterocycles. The number of nitrogens with zero attached hydrogens (tertiary/aromatic N) is 6. The van der Waals surface area contributed by atoms with Gasteiger partial charge in [-0.15, -0.1) is 0 Å². The fourth-order valence-corrected chi connectivity index (χ4v) is 3.44. The summed E-state index contributed by atoms with van der Waals surface area (Å²) >= 11 is 0. The predicted molar refractivity (Wildman–Crippen MR) is 89.9 cm³/mol. The first-order valence-electron chi connectivity index (χ1n) is 8.75. The molecule has 1 aliphatic carbocycles. The minimum Gasteiger partial charge on any atom is -0.352 e. The molecule has 0 N–H and O–H groups in total. The summed E-state index contributed by atoms with van der Waals surface area (Å²) in [5, 5.41) is 0. The van der Waals surface area contributed by atoms with Gasteiger partial charge in [-0.05, 0) is 32.3 Å². The van der Waals surface area contributed by atoms with Gasteiger partial charge >= 0.3 is 6.18 Å². The molecule has 0 amide bonds. The minimum absolute atomic E-state index is 0.0820. The van der Waals surface area contributed by atoms with Gasteiger partial charge in [0, 0.05) is 25.3 Å². The Balaban J connectivity index is 1.59. The van der Waals surface area contributed by atoms with E-state index in [-0.39, 0.29) is 29.5 Å². The third kappa shape index (κ3) is 3.52. The van der Waals surface area contributed by atoms with Crippen molar-refractivity contribution in [1.82, 2.24) is 19.9 Å². The Bertz CT molecular complexity index is 838. The maximum atomic E-state index is 14.3. The van der Waals surface area contributed by atoms with Crippen LogP contribution in [0.4, 0.5) is 29.3 Å². The molecule has 0 bridgehead atoms. The lowest BCUT2D eigenvalue weighted by Crippen LogP contribution is -2.41. The summed E-state index contributed by atoms with van der Waals surface area (Å²) in [6.07, 6.45) is 0.374. The van der Waals surface area contributed by atoms with Crippen LogP contribution in [0.15, 0.2) is 18.6 Å². The first kappa shape index (κ1) is 17.9. The Morgan fingerprint density at radius 2 is 1.89 bits per heavy atom. The van der Waals surface area contributed by atoms with Crippen LogP contribution in [0.3, 0.4) is 0 Å². The van der Waals surface area contributed by atoms with Crippen molar-refractivity contribution in [3.8, 4) is 0 Å². The maximum Gasteiger partial charge on any atom is 0.433 e. The number of aromatic nitrogens is 4. The van der Waals surface area contributed by atoms with Gasteiger partial charge in [-0.3, -0.25) is 0 Å². The topological polar surface area (TPSA) is 58.0 Å². The lowest BCUT2D eigenvalue weighted by molar-refractivity contribution is -0.141. The van der Waals surface area contributed by atoms with Gasteiger partial charge < -0.3 is 9.80 Å². The Hall–Kier alpha value is -2.52. The summed E-state index contributed by atoms with van der Waals surface area (Å²) in [5.74, 6) is -0.157. The highest BCUT2D eigenvalue weighted by atomic mass is 19.4. The third-order valence-corrected chi connectivity index (χ3v) is 4.91. The molecule has 27 heavy (non-hydrogen) atoms. The molecule has 2 fully saturated rings. The number of aryl methyl sites for hydroxylation is 1. The van der Waals surface area contributed by atoms with E-state index in [1.54, 1.807) is 11.8 Å². The van der Waals surface area contributed by atoms with Crippen LogP contribution in [-0.2, 0) is 6.18 Å². The zero-order valence-corrected chi connectivity index (χ0v) is 14.6. The second kappa shape index (κ2) is 6.58. The molecule has 1 saturated carbocycles. The molecule has 2 aromatic heterocycles. The Morgan fingerprint density at radius 3 is 2.59 bits per heavy atom. The molecule has 1 aliphatic heterocycles. The van der Waals surface area contributed by atoms with Crippen molar-refractivity contribution in [2.45, 2.75) is 44.4 Å². The summed E-state index contributed by atoms with van der Waals surface area (Å²) in [7, 11) is 0. The highest BCUT2D eigenvalue weighted by molar-refractivity contribution is 5.45. The number of hydrogen-bond donors (Lipinski definition) is 0. The molecule has 2 aliphatic rings. The van der Waals surface area contributed by atoms with E-state index >= 15 is 0 Å². The van der Waals surface area contributed by atoms with Gasteiger partial charge in [0.15, 0.2) is 11.6 Å². The van der Waals surface area contributed by atoms with E-state index in [2.05, 4.69) is 19.9 Å². The predicted octanol–water partition coefficient (Wildman–Crippen LogP) is 2.98. The summed E-state index contributed by atoms with van der Waals surface area (Å²) in [4.78, 5) is 19.4. The lowest BCUT2D eigenvalue weighted by atomic mass is 10.2.